The van der Waals surface area contributed by atoms with Crippen LogP contribution >= 0.6 is 37.2 Å². The van der Waals surface area contributed by atoms with Crippen LogP contribution in [0.1, 0.15) is 27.2 Å². The predicted molar refractivity (Wildman–Crippen MR) is 74.4 cm³/mol. The Morgan fingerprint density at radius 2 is 1.50 bits per heavy atom. The molecule has 2 radical (unpaired) electrons. The van der Waals surface area contributed by atoms with E-state index in [-0.39, 0.29) is 41.5 Å². The van der Waals surface area contributed by atoms with Crippen LogP contribution < -0.4 is 0 Å². The second kappa shape index (κ2) is 11.9. The van der Waals surface area contributed by atoms with E-state index in [4.69, 9.17) is 0 Å². The SMILES string of the molecule is CCC(C)(C)C[Si](C)C.II.[Y]. The van der Waals surface area contributed by atoms with E-state index >= 15 is 0 Å². The van der Waals surface area contributed by atoms with Gasteiger partial charge in [-0.05, 0) is 5.41 Å². The summed E-state index contributed by atoms with van der Waals surface area (Å²) in [4.78, 5) is 0. The molecule has 0 aliphatic carbocycles. The molecule has 0 nitrogen and oxygen atoms in total. The Kier molecular flexibility index (Phi) is 20.0. The van der Waals surface area contributed by atoms with Gasteiger partial charge in [-0.25, -0.2) is 0 Å². The largest absolute Gasteiger partial charge is 0.0713 e. The molecule has 0 saturated heterocycles. The van der Waals surface area contributed by atoms with E-state index in [1.165, 1.54) is 12.5 Å². The third-order valence-corrected chi connectivity index (χ3v) is 3.45. The van der Waals surface area contributed by atoms with Crippen LogP contribution in [0.5, 0.6) is 0 Å². The maximum absolute atomic E-state index is 2.39. The summed E-state index contributed by atoms with van der Waals surface area (Å²) in [7, 11) is -0.00374. The van der Waals surface area contributed by atoms with E-state index in [1.807, 2.05) is 0 Å². The van der Waals surface area contributed by atoms with Gasteiger partial charge < -0.3 is 0 Å². The van der Waals surface area contributed by atoms with Crippen molar-refractivity contribution in [2.24, 2.45) is 5.41 Å². The molecule has 0 aromatic heterocycles. The first kappa shape index (κ1) is 20.2. The first-order valence-electron chi connectivity index (χ1n) is 3.91. The van der Waals surface area contributed by atoms with E-state index in [2.05, 4.69) is 71.1 Å². The zero-order chi connectivity index (χ0) is 9.49. The summed E-state index contributed by atoms with van der Waals surface area (Å²) in [6, 6.07) is 1.45. The Morgan fingerprint density at radius 1 is 1.17 bits per heavy atom. The van der Waals surface area contributed by atoms with Crippen molar-refractivity contribution in [2.45, 2.75) is 46.3 Å². The monoisotopic (exact) mass is 486 g/mol. The summed E-state index contributed by atoms with van der Waals surface area (Å²) in [6.07, 6.45) is 1.32. The Bertz CT molecular complexity index is 87.1. The van der Waals surface area contributed by atoms with Crippen LogP contribution in [0.3, 0.4) is 0 Å². The van der Waals surface area contributed by atoms with Crippen LogP contribution in [0.25, 0.3) is 0 Å². The summed E-state index contributed by atoms with van der Waals surface area (Å²) in [5.74, 6) is 0. The minimum Gasteiger partial charge on any atom is -0.0713 e. The van der Waals surface area contributed by atoms with E-state index in [9.17, 15) is 0 Å². The molecule has 0 unspecified atom stereocenters. The van der Waals surface area contributed by atoms with Gasteiger partial charge in [-0.3, -0.25) is 0 Å². The summed E-state index contributed by atoms with van der Waals surface area (Å²) in [6.45, 7) is 11.8. The molecular weight excluding hydrogens is 467 g/mol. The zero-order valence-electron chi connectivity index (χ0n) is 8.75. The quantitative estimate of drug-likeness (QED) is 0.392. The Balaban J connectivity index is -0.000000249. The maximum atomic E-state index is 2.39. The van der Waals surface area contributed by atoms with Crippen LogP contribution in [0.2, 0.25) is 19.1 Å². The smallest absolute Gasteiger partial charge is 0.0418 e. The fourth-order valence-corrected chi connectivity index (χ4v) is 3.25. The average molecular weight is 486 g/mol. The fourth-order valence-electron chi connectivity index (χ4n) is 1.08. The summed E-state index contributed by atoms with van der Waals surface area (Å²) >= 11 is 4.24. The molecule has 0 amide bonds. The van der Waals surface area contributed by atoms with Crippen LogP contribution in [0, 0.1) is 5.41 Å². The second-order valence-electron chi connectivity index (χ2n) is 3.90. The molecule has 0 spiro atoms. The van der Waals surface area contributed by atoms with Crippen molar-refractivity contribution in [2.75, 3.05) is 0 Å². The van der Waals surface area contributed by atoms with Crippen LogP contribution in [-0.4, -0.2) is 8.80 Å². The molecule has 0 aromatic carbocycles. The molecule has 0 heterocycles. The molecule has 0 aliphatic heterocycles. The predicted octanol–water partition coefficient (Wildman–Crippen LogP) is 4.95. The molecule has 0 fully saturated rings. The molecular formula is C8H19I2SiY. The number of halogens is 2. The van der Waals surface area contributed by atoms with Crippen LogP contribution in [-0.2, 0) is 32.7 Å². The molecule has 72 valence electrons. The van der Waals surface area contributed by atoms with Crippen molar-refractivity contribution in [3.63, 3.8) is 0 Å². The molecule has 0 saturated carbocycles. The van der Waals surface area contributed by atoms with Gasteiger partial charge in [0.05, 0.1) is 0 Å². The van der Waals surface area contributed by atoms with Gasteiger partial charge in [0.25, 0.3) is 0 Å². The summed E-state index contributed by atoms with van der Waals surface area (Å²) in [5, 5.41) is 0. The minimum absolute atomic E-state index is 0. The zero-order valence-corrected chi connectivity index (χ0v) is 16.9. The third-order valence-electron chi connectivity index (χ3n) is 1.79. The molecule has 0 rings (SSSR count). The van der Waals surface area contributed by atoms with Crippen molar-refractivity contribution in [1.82, 2.24) is 0 Å². The molecule has 4 heteroatoms. The van der Waals surface area contributed by atoms with Crippen molar-refractivity contribution in [3.05, 3.63) is 0 Å². The number of hydrogen-bond donors (Lipinski definition) is 0. The normalized spacial score (nSPS) is 10.0. The minimum atomic E-state index is -0.00374. The summed E-state index contributed by atoms with van der Waals surface area (Å²) in [5.41, 5.74) is 0.609. The molecule has 12 heavy (non-hydrogen) atoms. The topological polar surface area (TPSA) is 0 Å². The van der Waals surface area contributed by atoms with Gasteiger partial charge in [0.15, 0.2) is 0 Å². The van der Waals surface area contributed by atoms with Crippen LogP contribution in [0.15, 0.2) is 0 Å². The van der Waals surface area contributed by atoms with Gasteiger partial charge in [0.1, 0.15) is 0 Å². The molecule has 0 aromatic rings. The first-order valence-corrected chi connectivity index (χ1v) is 12.9. The molecule has 0 bridgehead atoms. The molecule has 0 atom stereocenters. The van der Waals surface area contributed by atoms with E-state index < -0.39 is 0 Å². The first-order chi connectivity index (χ1) is 4.98. The Hall–Kier alpha value is 2.78. The van der Waals surface area contributed by atoms with Gasteiger partial charge in [-0.2, -0.15) is 0 Å². The maximum Gasteiger partial charge on any atom is 0.0418 e. The van der Waals surface area contributed by atoms with Gasteiger partial charge in [-0.1, -0.05) is 46.3 Å². The van der Waals surface area contributed by atoms with Crippen molar-refractivity contribution in [1.29, 1.82) is 0 Å². The van der Waals surface area contributed by atoms with Crippen LogP contribution in [0.4, 0.5) is 0 Å². The molecule has 0 aliphatic rings. The van der Waals surface area contributed by atoms with E-state index in [0.29, 0.717) is 5.41 Å². The van der Waals surface area contributed by atoms with Gasteiger partial charge in [0.2, 0.25) is 0 Å². The summed E-state index contributed by atoms with van der Waals surface area (Å²) < 4.78 is 0. The second-order valence-corrected chi connectivity index (χ2v) is 6.67. The van der Waals surface area contributed by atoms with Crippen molar-refractivity contribution < 1.29 is 32.7 Å². The number of rotatable bonds is 3. The Labute approximate surface area is 128 Å². The van der Waals surface area contributed by atoms with Gasteiger partial charge >= 0.3 is 0 Å². The van der Waals surface area contributed by atoms with Crippen molar-refractivity contribution >= 4 is 46.0 Å². The number of hydrogen-bond acceptors (Lipinski definition) is 0. The average Bonchev–Trinajstić information content (AvgIpc) is 1.90. The molecule has 0 N–H and O–H groups in total. The van der Waals surface area contributed by atoms with E-state index in [1.54, 1.807) is 0 Å². The van der Waals surface area contributed by atoms with Gasteiger partial charge in [-0.15, -0.1) is 0 Å². The third kappa shape index (κ3) is 15.3. The Morgan fingerprint density at radius 3 is 1.58 bits per heavy atom. The van der Waals surface area contributed by atoms with E-state index in [0.717, 1.165) is 0 Å². The standard InChI is InChI=1S/C8H19Si.I2.Y/c1-6-8(2,3)7-9(4)5;1-2;/h6-7H2,1-5H3;;. The van der Waals surface area contributed by atoms with Crippen molar-refractivity contribution in [3.8, 4) is 0 Å². The van der Waals surface area contributed by atoms with Gasteiger partial charge in [0, 0.05) is 78.7 Å². The fraction of sp³-hybridized carbons (Fsp3) is 1.00.